The van der Waals surface area contributed by atoms with Crippen molar-refractivity contribution in [2.75, 3.05) is 25.1 Å². The third-order valence-corrected chi connectivity index (χ3v) is 5.73. The summed E-state index contributed by atoms with van der Waals surface area (Å²) in [5, 5.41) is 10.2. The molecular formula is C16H21F3N2O2. The van der Waals surface area contributed by atoms with Gasteiger partial charge in [-0.1, -0.05) is 6.07 Å². The molecule has 1 spiro atoms. The van der Waals surface area contributed by atoms with Crippen molar-refractivity contribution >= 4 is 5.82 Å². The molecule has 128 valence electrons. The van der Waals surface area contributed by atoms with E-state index in [9.17, 15) is 18.3 Å². The van der Waals surface area contributed by atoms with Crippen molar-refractivity contribution in [1.82, 2.24) is 4.98 Å². The summed E-state index contributed by atoms with van der Waals surface area (Å²) in [6.07, 6.45) is -2.90. The van der Waals surface area contributed by atoms with E-state index in [1.807, 2.05) is 11.8 Å². The van der Waals surface area contributed by atoms with Crippen molar-refractivity contribution in [1.29, 1.82) is 0 Å². The highest BCUT2D eigenvalue weighted by Gasteiger charge is 2.63. The van der Waals surface area contributed by atoms with E-state index in [0.29, 0.717) is 38.2 Å². The van der Waals surface area contributed by atoms with Crippen LogP contribution in [0, 0.1) is 5.41 Å². The molecule has 2 aliphatic rings. The fourth-order valence-electron chi connectivity index (χ4n) is 4.03. The number of halogens is 3. The van der Waals surface area contributed by atoms with E-state index in [1.54, 1.807) is 13.2 Å². The zero-order chi connectivity index (χ0) is 16.9. The molecule has 2 atom stereocenters. The van der Waals surface area contributed by atoms with Crippen molar-refractivity contribution in [3.05, 3.63) is 23.9 Å². The molecule has 1 saturated heterocycles. The highest BCUT2D eigenvalue weighted by molar-refractivity contribution is 5.41. The quantitative estimate of drug-likeness (QED) is 0.906. The Balaban J connectivity index is 1.75. The number of alkyl halides is 3. The summed E-state index contributed by atoms with van der Waals surface area (Å²) in [6.45, 7) is 3.12. The van der Waals surface area contributed by atoms with Crippen LogP contribution >= 0.6 is 0 Å². The van der Waals surface area contributed by atoms with Gasteiger partial charge in [-0.3, -0.25) is 0 Å². The Kier molecular flexibility index (Phi) is 3.84. The number of methoxy groups -OCH3 is 1. The molecule has 7 heteroatoms. The highest BCUT2D eigenvalue weighted by Crippen LogP contribution is 2.58. The molecule has 1 aliphatic carbocycles. The normalized spacial score (nSPS) is 30.3. The summed E-state index contributed by atoms with van der Waals surface area (Å²) in [5.41, 5.74) is -1.54. The Hall–Kier alpha value is -1.34. The largest absolute Gasteiger partial charge is 0.433 e. The van der Waals surface area contributed by atoms with E-state index in [-0.39, 0.29) is 11.0 Å². The van der Waals surface area contributed by atoms with Crippen LogP contribution in [0.1, 0.15) is 31.9 Å². The molecular weight excluding hydrogens is 309 g/mol. The molecule has 1 aromatic rings. The van der Waals surface area contributed by atoms with Crippen molar-refractivity contribution < 1.29 is 23.0 Å². The zero-order valence-corrected chi connectivity index (χ0v) is 13.2. The average molecular weight is 330 g/mol. The number of piperidine rings is 1. The number of pyridine rings is 1. The second-order valence-corrected chi connectivity index (χ2v) is 6.68. The fourth-order valence-corrected chi connectivity index (χ4v) is 4.03. The first kappa shape index (κ1) is 16.5. The summed E-state index contributed by atoms with van der Waals surface area (Å²) in [6, 6.07) is 3.96. The number of nitrogens with zero attached hydrogens (tertiary/aromatic N) is 2. The van der Waals surface area contributed by atoms with Crippen molar-refractivity contribution in [3.63, 3.8) is 0 Å². The first-order chi connectivity index (χ1) is 10.7. The van der Waals surface area contributed by atoms with Gasteiger partial charge >= 0.3 is 6.18 Å². The van der Waals surface area contributed by atoms with Gasteiger partial charge in [-0.25, -0.2) is 4.98 Å². The Bertz CT molecular complexity index is 585. The average Bonchev–Trinajstić information content (AvgIpc) is 2.54. The Morgan fingerprint density at radius 2 is 1.96 bits per heavy atom. The third-order valence-electron chi connectivity index (χ3n) is 5.73. The molecule has 0 unspecified atom stereocenters. The van der Waals surface area contributed by atoms with Gasteiger partial charge in [0.05, 0.1) is 11.7 Å². The van der Waals surface area contributed by atoms with Gasteiger partial charge in [-0.2, -0.15) is 13.2 Å². The Morgan fingerprint density at radius 1 is 1.30 bits per heavy atom. The van der Waals surface area contributed by atoms with E-state index < -0.39 is 18.0 Å². The number of hydrogen-bond donors (Lipinski definition) is 1. The smallest absolute Gasteiger partial charge is 0.392 e. The van der Waals surface area contributed by atoms with Gasteiger partial charge in [0.25, 0.3) is 0 Å². The van der Waals surface area contributed by atoms with Crippen LogP contribution in [-0.2, 0) is 10.9 Å². The summed E-state index contributed by atoms with van der Waals surface area (Å²) >= 11 is 0. The van der Waals surface area contributed by atoms with Crippen LogP contribution in [-0.4, -0.2) is 42.0 Å². The number of aromatic nitrogens is 1. The lowest BCUT2D eigenvalue weighted by atomic mass is 9.51. The minimum absolute atomic E-state index is 0.306. The van der Waals surface area contributed by atoms with Gasteiger partial charge in [0.15, 0.2) is 0 Å². The molecule has 1 aromatic heterocycles. The van der Waals surface area contributed by atoms with Gasteiger partial charge in [0, 0.05) is 32.0 Å². The van der Waals surface area contributed by atoms with Crippen molar-refractivity contribution in [2.45, 2.75) is 44.1 Å². The highest BCUT2D eigenvalue weighted by atomic mass is 19.4. The molecule has 0 aromatic carbocycles. The monoisotopic (exact) mass is 330 g/mol. The predicted molar refractivity (Wildman–Crippen MR) is 79.2 cm³/mol. The molecule has 1 N–H and O–H groups in total. The van der Waals surface area contributed by atoms with Crippen LogP contribution < -0.4 is 4.90 Å². The van der Waals surface area contributed by atoms with Gasteiger partial charge in [-0.15, -0.1) is 0 Å². The van der Waals surface area contributed by atoms with Crippen LogP contribution in [0.25, 0.3) is 0 Å². The van der Waals surface area contributed by atoms with Crippen molar-refractivity contribution in [3.8, 4) is 0 Å². The molecule has 0 radical (unpaired) electrons. The second kappa shape index (κ2) is 5.34. The van der Waals surface area contributed by atoms with Gasteiger partial charge in [0.2, 0.25) is 0 Å². The van der Waals surface area contributed by atoms with E-state index in [4.69, 9.17) is 4.74 Å². The molecule has 0 bridgehead atoms. The lowest BCUT2D eigenvalue weighted by Crippen LogP contribution is -2.69. The molecule has 2 heterocycles. The Labute approximate surface area is 133 Å². The van der Waals surface area contributed by atoms with Crippen LogP contribution in [0.2, 0.25) is 0 Å². The van der Waals surface area contributed by atoms with E-state index in [0.717, 1.165) is 6.07 Å². The summed E-state index contributed by atoms with van der Waals surface area (Å²) in [7, 11) is 1.65. The summed E-state index contributed by atoms with van der Waals surface area (Å²) in [5.74, 6) is 0.336. The zero-order valence-electron chi connectivity index (χ0n) is 13.2. The number of rotatable bonds is 2. The minimum atomic E-state index is -4.44. The predicted octanol–water partition coefficient (Wildman–Crippen LogP) is 2.86. The first-order valence-corrected chi connectivity index (χ1v) is 7.74. The molecule has 1 saturated carbocycles. The molecule has 1 aliphatic heterocycles. The molecule has 3 rings (SSSR count). The number of aliphatic hydroxyl groups excluding tert-OH is 1. The standard InChI is InChI=1S/C16H21F3N2O2/c1-14(23-2)10-12(22)15(14)6-8-21(9-7-15)13-5-3-4-11(20-13)16(17,18)19/h3-5,12,22H,6-10H2,1-2H3/t12-,14+/m1/s1. The molecule has 23 heavy (non-hydrogen) atoms. The maximum atomic E-state index is 12.8. The summed E-state index contributed by atoms with van der Waals surface area (Å²) in [4.78, 5) is 5.59. The number of hydrogen-bond acceptors (Lipinski definition) is 4. The fraction of sp³-hybridized carbons (Fsp3) is 0.688. The SMILES string of the molecule is CO[C@@]1(C)C[C@@H](O)C12CCN(c1cccc(C(F)(F)F)n1)CC2. The number of aliphatic hydroxyl groups is 1. The van der Waals surface area contributed by atoms with Gasteiger partial charge in [0.1, 0.15) is 11.5 Å². The Morgan fingerprint density at radius 3 is 2.48 bits per heavy atom. The molecule has 2 fully saturated rings. The van der Waals surface area contributed by atoms with Crippen LogP contribution in [0.3, 0.4) is 0 Å². The topological polar surface area (TPSA) is 45.6 Å². The first-order valence-electron chi connectivity index (χ1n) is 7.74. The van der Waals surface area contributed by atoms with Gasteiger partial charge in [-0.05, 0) is 31.9 Å². The van der Waals surface area contributed by atoms with Crippen LogP contribution in [0.15, 0.2) is 18.2 Å². The van der Waals surface area contributed by atoms with Crippen LogP contribution in [0.4, 0.5) is 19.0 Å². The lowest BCUT2D eigenvalue weighted by Gasteiger charge is -2.63. The second-order valence-electron chi connectivity index (χ2n) is 6.68. The van der Waals surface area contributed by atoms with E-state index >= 15 is 0 Å². The molecule has 4 nitrogen and oxygen atoms in total. The number of ether oxygens (including phenoxy) is 1. The lowest BCUT2D eigenvalue weighted by molar-refractivity contribution is -0.253. The summed E-state index contributed by atoms with van der Waals surface area (Å²) < 4.78 is 44.0. The van der Waals surface area contributed by atoms with Crippen molar-refractivity contribution in [2.24, 2.45) is 5.41 Å². The van der Waals surface area contributed by atoms with Gasteiger partial charge < -0.3 is 14.7 Å². The van der Waals surface area contributed by atoms with Crippen LogP contribution in [0.5, 0.6) is 0 Å². The maximum Gasteiger partial charge on any atom is 0.433 e. The molecule has 0 amide bonds. The minimum Gasteiger partial charge on any atom is -0.392 e. The number of anilines is 1. The maximum absolute atomic E-state index is 12.8. The van der Waals surface area contributed by atoms with E-state index in [1.165, 1.54) is 6.07 Å². The van der Waals surface area contributed by atoms with E-state index in [2.05, 4.69) is 4.98 Å². The third kappa shape index (κ3) is 2.50.